The average molecular weight is 417 g/mol. The van der Waals surface area contributed by atoms with Crippen LogP contribution in [0.25, 0.3) is 0 Å². The summed E-state index contributed by atoms with van der Waals surface area (Å²) in [5.74, 6) is -0.806. The number of methoxy groups -OCH3 is 1. The minimum absolute atomic E-state index is 0.0775. The van der Waals surface area contributed by atoms with E-state index in [2.05, 4.69) is 5.32 Å². The van der Waals surface area contributed by atoms with Crippen molar-refractivity contribution in [2.45, 2.75) is 64.0 Å². The maximum Gasteiger partial charge on any atom is 0.250 e. The number of hydrogen-bond acceptors (Lipinski definition) is 5. The van der Waals surface area contributed by atoms with Gasteiger partial charge in [-0.15, -0.1) is 0 Å². The second kappa shape index (κ2) is 11.0. The Morgan fingerprint density at radius 3 is 2.57 bits per heavy atom. The second-order valence-electron chi connectivity index (χ2n) is 8.65. The number of carbonyl (C=O) groups excluding carboxylic acids is 2. The van der Waals surface area contributed by atoms with Gasteiger partial charge in [0.1, 0.15) is 5.78 Å². The van der Waals surface area contributed by atoms with E-state index in [0.717, 1.165) is 37.8 Å². The third-order valence-electron chi connectivity index (χ3n) is 6.68. The van der Waals surface area contributed by atoms with Gasteiger partial charge in [0.05, 0.1) is 18.6 Å². The van der Waals surface area contributed by atoms with Crippen LogP contribution in [-0.2, 0) is 19.2 Å². The lowest BCUT2D eigenvalue weighted by Gasteiger charge is -2.33. The van der Waals surface area contributed by atoms with Crippen molar-refractivity contribution in [2.24, 2.45) is 11.8 Å². The fourth-order valence-electron chi connectivity index (χ4n) is 4.72. The van der Waals surface area contributed by atoms with Gasteiger partial charge in [-0.2, -0.15) is 0 Å². The van der Waals surface area contributed by atoms with Gasteiger partial charge in [0.15, 0.2) is 0 Å². The van der Waals surface area contributed by atoms with Crippen LogP contribution < -0.4 is 5.32 Å². The summed E-state index contributed by atoms with van der Waals surface area (Å²) in [5, 5.41) is 4.93. The maximum atomic E-state index is 13.4. The smallest absolute Gasteiger partial charge is 0.250 e. The van der Waals surface area contributed by atoms with Crippen LogP contribution in [-0.4, -0.2) is 55.7 Å². The molecule has 0 aliphatic carbocycles. The van der Waals surface area contributed by atoms with Crippen molar-refractivity contribution in [2.75, 3.05) is 26.8 Å². The summed E-state index contributed by atoms with van der Waals surface area (Å²) in [5.41, 5.74) is 1.06. The van der Waals surface area contributed by atoms with Gasteiger partial charge in [-0.1, -0.05) is 44.2 Å². The first-order chi connectivity index (χ1) is 14.5. The Labute approximate surface area is 180 Å². The Hall–Kier alpha value is -1.76. The largest absolute Gasteiger partial charge is 0.379 e. The number of ether oxygens (including phenoxy) is 1. The molecule has 6 heteroatoms. The monoisotopic (exact) mass is 416 g/mol. The highest BCUT2D eigenvalue weighted by atomic mass is 16.7. The number of hydroxylamine groups is 2. The number of hydrogen-bond donors (Lipinski definition) is 1. The van der Waals surface area contributed by atoms with Crippen molar-refractivity contribution in [1.29, 1.82) is 0 Å². The molecule has 2 heterocycles. The predicted octanol–water partition coefficient (Wildman–Crippen LogP) is 3.32. The van der Waals surface area contributed by atoms with Crippen LogP contribution in [0.3, 0.4) is 0 Å². The normalized spacial score (nSPS) is 23.6. The summed E-state index contributed by atoms with van der Waals surface area (Å²) in [6.07, 6.45) is 4.03. The van der Waals surface area contributed by atoms with Gasteiger partial charge >= 0.3 is 0 Å². The van der Waals surface area contributed by atoms with Crippen LogP contribution >= 0.6 is 0 Å². The Balaban J connectivity index is 1.76. The molecular formula is C24H36N2O4. The molecule has 2 aliphatic heterocycles. The third-order valence-corrected chi connectivity index (χ3v) is 6.68. The number of amides is 1. The van der Waals surface area contributed by atoms with Crippen LogP contribution in [0.2, 0.25) is 0 Å². The van der Waals surface area contributed by atoms with Crippen LogP contribution in [0.15, 0.2) is 30.3 Å². The topological polar surface area (TPSA) is 67.9 Å². The molecule has 5 atom stereocenters. The molecule has 0 saturated carbocycles. The molecule has 1 aromatic rings. The highest BCUT2D eigenvalue weighted by molar-refractivity contribution is 5.88. The number of ketones is 1. The summed E-state index contributed by atoms with van der Waals surface area (Å²) in [7, 11) is 1.67. The van der Waals surface area contributed by atoms with Crippen LogP contribution in [0, 0.1) is 11.8 Å². The summed E-state index contributed by atoms with van der Waals surface area (Å²) in [6.45, 7) is 6.08. The first kappa shape index (κ1) is 22.9. The number of rotatable bonds is 9. The van der Waals surface area contributed by atoms with Gasteiger partial charge < -0.3 is 10.1 Å². The number of nitrogens with one attached hydrogen (secondary N) is 1. The molecule has 2 saturated heterocycles. The zero-order chi connectivity index (χ0) is 21.5. The van der Waals surface area contributed by atoms with Gasteiger partial charge in [0, 0.05) is 32.0 Å². The molecule has 166 valence electrons. The van der Waals surface area contributed by atoms with Crippen molar-refractivity contribution in [1.82, 2.24) is 10.4 Å². The minimum atomic E-state index is -0.450. The molecule has 1 amide bonds. The maximum absolute atomic E-state index is 13.4. The molecule has 0 spiro atoms. The molecular weight excluding hydrogens is 380 g/mol. The molecule has 6 nitrogen and oxygen atoms in total. The summed E-state index contributed by atoms with van der Waals surface area (Å²) in [6, 6.07) is 10.2. The molecule has 30 heavy (non-hydrogen) atoms. The summed E-state index contributed by atoms with van der Waals surface area (Å²) < 4.78 is 5.72. The lowest BCUT2D eigenvalue weighted by Crippen LogP contribution is -2.45. The minimum Gasteiger partial charge on any atom is -0.379 e. The van der Waals surface area contributed by atoms with Crippen LogP contribution in [0.4, 0.5) is 0 Å². The quantitative estimate of drug-likeness (QED) is 0.669. The lowest BCUT2D eigenvalue weighted by molar-refractivity contribution is -0.202. The molecule has 0 aromatic heterocycles. The van der Waals surface area contributed by atoms with Gasteiger partial charge in [-0.25, -0.2) is 5.06 Å². The van der Waals surface area contributed by atoms with Crippen molar-refractivity contribution in [3.8, 4) is 0 Å². The molecule has 0 unspecified atom stereocenters. The molecule has 1 N–H and O–H groups in total. The van der Waals surface area contributed by atoms with E-state index >= 15 is 0 Å². The Bertz CT molecular complexity index is 684. The van der Waals surface area contributed by atoms with E-state index in [0.29, 0.717) is 13.2 Å². The molecule has 0 bridgehead atoms. The summed E-state index contributed by atoms with van der Waals surface area (Å²) >= 11 is 0. The second-order valence-corrected chi connectivity index (χ2v) is 8.65. The van der Waals surface area contributed by atoms with Crippen molar-refractivity contribution < 1.29 is 19.2 Å². The van der Waals surface area contributed by atoms with Gasteiger partial charge in [0.2, 0.25) is 5.91 Å². The molecule has 2 aliphatic rings. The number of nitrogens with zero attached hydrogens (tertiary/aromatic N) is 1. The van der Waals surface area contributed by atoms with E-state index in [1.165, 1.54) is 5.06 Å². The highest BCUT2D eigenvalue weighted by Gasteiger charge is 2.38. The number of benzene rings is 1. The molecule has 2 fully saturated rings. The Morgan fingerprint density at radius 2 is 1.97 bits per heavy atom. The van der Waals surface area contributed by atoms with E-state index in [4.69, 9.17) is 9.57 Å². The fraction of sp³-hybridized carbons (Fsp3) is 0.667. The average Bonchev–Trinajstić information content (AvgIpc) is 3.32. The van der Waals surface area contributed by atoms with E-state index in [1.807, 2.05) is 44.2 Å². The van der Waals surface area contributed by atoms with Crippen LogP contribution in [0.1, 0.15) is 57.4 Å². The Kier molecular flexibility index (Phi) is 8.42. The van der Waals surface area contributed by atoms with Crippen LogP contribution in [0.5, 0.6) is 0 Å². The lowest BCUT2D eigenvalue weighted by atomic mass is 9.80. The zero-order valence-corrected chi connectivity index (χ0v) is 18.5. The Morgan fingerprint density at radius 1 is 1.20 bits per heavy atom. The van der Waals surface area contributed by atoms with Gasteiger partial charge in [-0.05, 0) is 43.7 Å². The van der Waals surface area contributed by atoms with Crippen molar-refractivity contribution >= 4 is 11.7 Å². The molecule has 0 radical (unpaired) electrons. The van der Waals surface area contributed by atoms with E-state index in [1.54, 1.807) is 7.11 Å². The molecule has 1 aromatic carbocycles. The number of Topliss-reactive ketones (excluding diaryl/α,β-unsaturated/α-hetero) is 1. The van der Waals surface area contributed by atoms with E-state index in [9.17, 15) is 9.59 Å². The molecule has 3 rings (SSSR count). The SMILES string of the molecule is CO[C@@H]([C@@H]1CCCN1)[C@@H](C)C(=O)C[C@H](C(=O)N1CCCCO1)[C@@H](C)c1ccccc1. The van der Waals surface area contributed by atoms with E-state index in [-0.39, 0.29) is 42.1 Å². The van der Waals surface area contributed by atoms with Crippen molar-refractivity contribution in [3.63, 3.8) is 0 Å². The summed E-state index contributed by atoms with van der Waals surface area (Å²) in [4.78, 5) is 32.3. The fourth-order valence-corrected chi connectivity index (χ4v) is 4.72. The van der Waals surface area contributed by atoms with Gasteiger partial charge in [0.25, 0.3) is 0 Å². The predicted molar refractivity (Wildman–Crippen MR) is 116 cm³/mol. The number of carbonyl (C=O) groups is 2. The standard InChI is InChI=1S/C24H36N2O4/c1-17(19-10-5-4-6-11-19)20(24(28)26-14-7-8-15-30-26)16-22(27)18(2)23(29-3)21-12-9-13-25-21/h4-6,10-11,17-18,20-21,23,25H,7-9,12-16H2,1-3H3/t17-,18-,20-,21-,23+/m0/s1. The highest BCUT2D eigenvalue weighted by Crippen LogP contribution is 2.31. The third kappa shape index (κ3) is 5.48. The van der Waals surface area contributed by atoms with Crippen molar-refractivity contribution in [3.05, 3.63) is 35.9 Å². The zero-order valence-electron chi connectivity index (χ0n) is 18.5. The van der Waals surface area contributed by atoms with Gasteiger partial charge in [-0.3, -0.25) is 14.4 Å². The van der Waals surface area contributed by atoms with E-state index < -0.39 is 5.92 Å². The first-order valence-electron chi connectivity index (χ1n) is 11.3. The first-order valence-corrected chi connectivity index (χ1v) is 11.3.